The lowest BCUT2D eigenvalue weighted by Crippen LogP contribution is -2.56. The zero-order valence-corrected chi connectivity index (χ0v) is 55.7. The van der Waals surface area contributed by atoms with Crippen LogP contribution in [0.3, 0.4) is 0 Å². The van der Waals surface area contributed by atoms with Crippen LogP contribution >= 0.6 is 104 Å². The normalized spacial score (nSPS) is 19.0. The summed E-state index contributed by atoms with van der Waals surface area (Å²) in [5, 5.41) is 18.7. The van der Waals surface area contributed by atoms with E-state index < -0.39 is 0 Å². The van der Waals surface area contributed by atoms with Gasteiger partial charge in [0, 0.05) is 142 Å². The van der Waals surface area contributed by atoms with E-state index in [0.29, 0.717) is 60.5 Å². The standard InChI is InChI=1S/C26H24Cl3N3O.C25H25Cl3N2O.C18H19Cl3N2O.3CH4/c1-33-17-23-15-32(22-9-6-20(27)7-10-22)26(24-11-8-21(28)12-25(24)29)16-31(23)14-19-4-2-18(13-30)3-5-19;1-31-17-22-15-30(21-10-7-19(26)8-11-21)25(23-12-9-20(27)13-24(23)28)16-29(22)14-18-5-3-2-4-6-18;1-24-11-14-10-23(15-5-2-12(19)3-6-15)18(9-22-14)16-7-4-13(20)8-17(16)21;;;/h2-12,23,26H,14-17H2,1H3;2-13,22,25H,14-17H2,1H3;2-8,14,18,22H,9-11H2,1H3;3*1H4/t23-,26+;22-,25+;14-,18+;;;/m111.../s1. The van der Waals surface area contributed by atoms with E-state index in [1.165, 1.54) is 5.56 Å². The molecule has 8 aromatic rings. The molecule has 10 nitrogen and oxygen atoms in total. The first kappa shape index (κ1) is 75.1. The number of hydrogen-bond acceptors (Lipinski definition) is 10. The second-order valence-electron chi connectivity index (χ2n) is 21.9. The van der Waals surface area contributed by atoms with E-state index in [1.807, 2.05) is 133 Å². The van der Waals surface area contributed by atoms with E-state index in [2.05, 4.69) is 72.3 Å². The van der Waals surface area contributed by atoms with Gasteiger partial charge in [-0.3, -0.25) is 9.80 Å². The van der Waals surface area contributed by atoms with E-state index in [9.17, 15) is 0 Å². The summed E-state index contributed by atoms with van der Waals surface area (Å²) < 4.78 is 16.5. The minimum Gasteiger partial charge on any atom is -0.383 e. The number of anilines is 3. The van der Waals surface area contributed by atoms with E-state index in [0.717, 1.165) is 102 Å². The number of benzene rings is 8. The third kappa shape index (κ3) is 20.3. The Hall–Kier alpha value is -4.98. The summed E-state index contributed by atoms with van der Waals surface area (Å²) in [6, 6.07) is 62.2. The minimum absolute atomic E-state index is 0. The zero-order valence-electron chi connectivity index (χ0n) is 48.9. The van der Waals surface area contributed by atoms with Crippen LogP contribution in [0.2, 0.25) is 45.2 Å². The Bertz CT molecular complexity index is 3550. The maximum absolute atomic E-state index is 9.11. The summed E-state index contributed by atoms with van der Waals surface area (Å²) in [5.74, 6) is 0. The molecule has 3 aliphatic heterocycles. The molecule has 3 fully saturated rings. The van der Waals surface area contributed by atoms with Crippen LogP contribution in [0.1, 0.15) is 73.8 Å². The molecule has 484 valence electrons. The molecular weight excluding hydrogens is 1330 g/mol. The first-order chi connectivity index (χ1) is 42.6. The van der Waals surface area contributed by atoms with Gasteiger partial charge < -0.3 is 34.2 Å². The SMILES string of the molecule is C.C.C.COC[C@H]1CN(c2ccc(Cl)cc2)[C@H](c2ccc(Cl)cc2Cl)CN1.COC[C@H]1CN(c2ccc(Cl)cc2)[C@H](c2ccc(Cl)cc2Cl)CN1Cc1ccc(C#N)cc1.COC[C@H]1CN(c2ccc(Cl)cc2)[C@H](c2ccc(Cl)cc2Cl)CN1Cc1ccccc1. The van der Waals surface area contributed by atoms with Crippen molar-refractivity contribution in [3.05, 3.63) is 261 Å². The van der Waals surface area contributed by atoms with Gasteiger partial charge in [0.25, 0.3) is 0 Å². The molecule has 0 bridgehead atoms. The van der Waals surface area contributed by atoms with Gasteiger partial charge in [-0.1, -0.05) is 187 Å². The van der Waals surface area contributed by atoms with E-state index in [4.69, 9.17) is 124 Å². The minimum atomic E-state index is 0. The number of halogens is 9. The van der Waals surface area contributed by atoms with Crippen molar-refractivity contribution in [1.82, 2.24) is 15.1 Å². The van der Waals surface area contributed by atoms with Crippen molar-refractivity contribution in [1.29, 1.82) is 5.26 Å². The molecule has 0 radical (unpaired) electrons. The van der Waals surface area contributed by atoms with Crippen molar-refractivity contribution < 1.29 is 14.2 Å². The molecule has 1 N–H and O–H groups in total. The highest BCUT2D eigenvalue weighted by molar-refractivity contribution is 6.36. The largest absolute Gasteiger partial charge is 0.383 e. The van der Waals surface area contributed by atoms with Crippen molar-refractivity contribution in [2.75, 3.05) is 95.1 Å². The fourth-order valence-corrected chi connectivity index (χ4v) is 13.7. The number of hydrogen-bond donors (Lipinski definition) is 1. The topological polar surface area (TPSA) is 79.7 Å². The molecule has 6 atom stereocenters. The Morgan fingerprint density at radius 1 is 0.407 bits per heavy atom. The highest BCUT2D eigenvalue weighted by atomic mass is 35.5. The fourth-order valence-electron chi connectivity index (χ4n) is 11.7. The molecule has 3 saturated heterocycles. The molecule has 3 aliphatic rings. The van der Waals surface area contributed by atoms with Crippen LogP contribution < -0.4 is 20.0 Å². The third-order valence-electron chi connectivity index (χ3n) is 16.0. The predicted octanol–water partition coefficient (Wildman–Crippen LogP) is 20.0. The number of methoxy groups -OCH3 is 3. The van der Waals surface area contributed by atoms with Crippen LogP contribution in [0.25, 0.3) is 0 Å². The van der Waals surface area contributed by atoms with Crippen LogP contribution in [0.15, 0.2) is 182 Å². The van der Waals surface area contributed by atoms with E-state index in [1.54, 1.807) is 33.5 Å². The van der Waals surface area contributed by atoms with Gasteiger partial charge in [-0.25, -0.2) is 0 Å². The van der Waals surface area contributed by atoms with Gasteiger partial charge in [0.1, 0.15) is 0 Å². The second-order valence-corrected chi connectivity index (χ2v) is 25.7. The molecule has 0 unspecified atom stereocenters. The van der Waals surface area contributed by atoms with Crippen molar-refractivity contribution >= 4 is 121 Å². The first-order valence-corrected chi connectivity index (χ1v) is 32.1. The van der Waals surface area contributed by atoms with Crippen molar-refractivity contribution in [3.63, 3.8) is 0 Å². The highest BCUT2D eigenvalue weighted by Crippen LogP contribution is 2.41. The number of rotatable bonds is 16. The van der Waals surface area contributed by atoms with Gasteiger partial charge in [0.15, 0.2) is 0 Å². The fraction of sp³-hybridized carbons (Fsp3) is 0.319. The highest BCUT2D eigenvalue weighted by Gasteiger charge is 2.38. The van der Waals surface area contributed by atoms with Gasteiger partial charge in [-0.2, -0.15) is 5.26 Å². The summed E-state index contributed by atoms with van der Waals surface area (Å²) in [4.78, 5) is 12.0. The lowest BCUT2D eigenvalue weighted by molar-refractivity contribution is 0.0644. The van der Waals surface area contributed by atoms with Crippen molar-refractivity contribution in [2.24, 2.45) is 0 Å². The molecule has 0 amide bonds. The lowest BCUT2D eigenvalue weighted by atomic mass is 9.97. The smallest absolute Gasteiger partial charge is 0.0991 e. The molecule has 91 heavy (non-hydrogen) atoms. The number of ether oxygens (including phenoxy) is 3. The first-order valence-electron chi connectivity index (χ1n) is 28.7. The average Bonchev–Trinajstić information content (AvgIpc) is 0.968. The number of nitriles is 1. The predicted molar refractivity (Wildman–Crippen MR) is 388 cm³/mol. The Labute approximate surface area is 584 Å². The molecule has 0 saturated carbocycles. The molecule has 0 aliphatic carbocycles. The maximum Gasteiger partial charge on any atom is 0.0991 e. The molecule has 8 aromatic carbocycles. The molecular formula is C72H80Cl9N7O3. The summed E-state index contributed by atoms with van der Waals surface area (Å²) in [5.41, 5.74) is 9.53. The maximum atomic E-state index is 9.11. The van der Waals surface area contributed by atoms with Gasteiger partial charge in [-0.15, -0.1) is 0 Å². The quantitative estimate of drug-likeness (QED) is 0.101. The Kier molecular flexibility index (Phi) is 30.2. The number of piperazine rings is 3. The van der Waals surface area contributed by atoms with Crippen LogP contribution in [0.5, 0.6) is 0 Å². The van der Waals surface area contributed by atoms with E-state index >= 15 is 0 Å². The van der Waals surface area contributed by atoms with Crippen LogP contribution in [-0.2, 0) is 27.3 Å². The van der Waals surface area contributed by atoms with Gasteiger partial charge in [-0.05, 0) is 149 Å². The zero-order chi connectivity index (χ0) is 62.3. The Balaban J connectivity index is 0.000000216. The van der Waals surface area contributed by atoms with Crippen LogP contribution in [-0.4, -0.2) is 108 Å². The van der Waals surface area contributed by atoms with Gasteiger partial charge in [0.05, 0.1) is 61.7 Å². The van der Waals surface area contributed by atoms with Crippen molar-refractivity contribution in [2.45, 2.75) is 71.6 Å². The lowest BCUT2D eigenvalue weighted by Gasteiger charge is -2.48. The third-order valence-corrected chi connectivity index (χ3v) is 18.5. The average molecular weight is 1410 g/mol. The van der Waals surface area contributed by atoms with Gasteiger partial charge in [0.2, 0.25) is 0 Å². The molecule has 11 rings (SSSR count). The molecule has 0 aromatic heterocycles. The Morgan fingerprint density at radius 2 is 0.758 bits per heavy atom. The Morgan fingerprint density at radius 3 is 1.12 bits per heavy atom. The van der Waals surface area contributed by atoms with Crippen LogP contribution in [0.4, 0.5) is 17.1 Å². The molecule has 0 spiro atoms. The second kappa shape index (κ2) is 36.6. The molecule has 3 heterocycles. The summed E-state index contributed by atoms with van der Waals surface area (Å²) in [6.45, 7) is 8.23. The summed E-state index contributed by atoms with van der Waals surface area (Å²) in [6.07, 6.45) is 0. The van der Waals surface area contributed by atoms with Crippen LogP contribution in [0, 0.1) is 11.3 Å². The summed E-state index contributed by atoms with van der Waals surface area (Å²) >= 11 is 56.6. The van der Waals surface area contributed by atoms with Crippen molar-refractivity contribution in [3.8, 4) is 6.07 Å². The van der Waals surface area contributed by atoms with Gasteiger partial charge >= 0.3 is 0 Å². The molecule has 19 heteroatoms. The number of nitrogens with zero attached hydrogens (tertiary/aromatic N) is 6. The number of nitrogens with one attached hydrogen (secondary N) is 1. The summed E-state index contributed by atoms with van der Waals surface area (Å²) in [7, 11) is 5.21. The van der Waals surface area contributed by atoms with E-state index in [-0.39, 0.29) is 58.5 Å². The monoisotopic (exact) mass is 1410 g/mol.